The average molecular weight is 496 g/mol. The van der Waals surface area contributed by atoms with Gasteiger partial charge in [0.15, 0.2) is 0 Å². The Balaban J connectivity index is 1.99. The van der Waals surface area contributed by atoms with Crippen LogP contribution in [0.3, 0.4) is 0 Å². The third-order valence-corrected chi connectivity index (χ3v) is 7.37. The first-order chi connectivity index (χ1) is 16.8. The summed E-state index contributed by atoms with van der Waals surface area (Å²) in [4.78, 5) is 27.4. The van der Waals surface area contributed by atoms with Gasteiger partial charge in [-0.15, -0.1) is 0 Å². The number of hydrogen-bond donors (Lipinski definition) is 1. The number of rotatable bonds is 10. The number of nitrogens with zero attached hydrogens (tertiary/aromatic N) is 2. The Bertz CT molecular complexity index is 1230. The molecule has 3 aromatic carbocycles. The monoisotopic (exact) mass is 495 g/mol. The van der Waals surface area contributed by atoms with E-state index in [9.17, 15) is 18.0 Å². The van der Waals surface area contributed by atoms with Crippen LogP contribution in [0.2, 0.25) is 0 Å². The van der Waals surface area contributed by atoms with E-state index in [1.165, 1.54) is 31.2 Å². The molecule has 0 aliphatic rings. The summed E-state index contributed by atoms with van der Waals surface area (Å²) in [7, 11) is -1.11. The number of sulfonamides is 1. The van der Waals surface area contributed by atoms with Crippen LogP contribution in [-0.4, -0.2) is 51.9 Å². The topological polar surface area (TPSA) is 96.0 Å². The molecule has 1 N–H and O–H groups in total. The van der Waals surface area contributed by atoms with Crippen LogP contribution in [0.1, 0.15) is 12.5 Å². The molecule has 8 nitrogen and oxygen atoms in total. The van der Waals surface area contributed by atoms with Gasteiger partial charge in [-0.3, -0.25) is 13.9 Å². The molecule has 0 fully saturated rings. The van der Waals surface area contributed by atoms with E-state index in [0.29, 0.717) is 11.4 Å². The van der Waals surface area contributed by atoms with Gasteiger partial charge in [-0.25, -0.2) is 8.42 Å². The molecule has 0 aliphatic carbocycles. The molecule has 0 aromatic heterocycles. The van der Waals surface area contributed by atoms with Crippen LogP contribution in [0.4, 0.5) is 5.69 Å². The van der Waals surface area contributed by atoms with Crippen molar-refractivity contribution >= 4 is 27.5 Å². The van der Waals surface area contributed by atoms with Crippen molar-refractivity contribution in [2.75, 3.05) is 25.0 Å². The van der Waals surface area contributed by atoms with Gasteiger partial charge in [0, 0.05) is 13.6 Å². The van der Waals surface area contributed by atoms with E-state index in [1.54, 1.807) is 49.4 Å². The van der Waals surface area contributed by atoms with Crippen molar-refractivity contribution in [3.05, 3.63) is 90.5 Å². The number of methoxy groups -OCH3 is 1. The number of hydrogen-bond acceptors (Lipinski definition) is 5. The molecule has 1 atom stereocenters. The number of likely N-dealkylation sites (N-methyl/N-ethyl adjacent to an activating group) is 1. The molecule has 3 aromatic rings. The van der Waals surface area contributed by atoms with Gasteiger partial charge in [-0.1, -0.05) is 48.5 Å². The molecule has 2 amide bonds. The Hall–Kier alpha value is -3.85. The lowest BCUT2D eigenvalue weighted by molar-refractivity contribution is -0.139. The molecule has 184 valence electrons. The van der Waals surface area contributed by atoms with Gasteiger partial charge in [0.1, 0.15) is 18.3 Å². The van der Waals surface area contributed by atoms with Crippen molar-refractivity contribution in [3.8, 4) is 5.75 Å². The van der Waals surface area contributed by atoms with E-state index in [4.69, 9.17) is 4.74 Å². The Morgan fingerprint density at radius 1 is 0.914 bits per heavy atom. The number of anilines is 1. The number of carbonyl (C=O) groups excluding carboxylic acids is 2. The zero-order chi connectivity index (χ0) is 25.4. The van der Waals surface area contributed by atoms with Crippen LogP contribution in [-0.2, 0) is 26.2 Å². The number of ether oxygens (including phenoxy) is 1. The second-order valence-corrected chi connectivity index (χ2v) is 9.68. The zero-order valence-electron chi connectivity index (χ0n) is 19.9. The van der Waals surface area contributed by atoms with Gasteiger partial charge in [0.05, 0.1) is 17.7 Å². The molecule has 0 aliphatic heterocycles. The van der Waals surface area contributed by atoms with Crippen molar-refractivity contribution in [1.82, 2.24) is 10.2 Å². The lowest BCUT2D eigenvalue weighted by Gasteiger charge is -2.31. The highest BCUT2D eigenvalue weighted by atomic mass is 32.2. The zero-order valence-corrected chi connectivity index (χ0v) is 20.7. The fraction of sp³-hybridized carbons (Fsp3) is 0.231. The SMILES string of the molecule is CNC(=O)[C@@H](C)N(Cc1ccccc1)C(=O)CN(c1ccccc1)S(=O)(=O)c1ccc(OC)cc1. The number of para-hydroxylation sites is 1. The largest absolute Gasteiger partial charge is 0.497 e. The maximum absolute atomic E-state index is 13.6. The van der Waals surface area contributed by atoms with Crippen LogP contribution < -0.4 is 14.4 Å². The summed E-state index contributed by atoms with van der Waals surface area (Å²) in [5.41, 5.74) is 1.16. The first-order valence-corrected chi connectivity index (χ1v) is 12.5. The van der Waals surface area contributed by atoms with E-state index in [0.717, 1.165) is 9.87 Å². The molecule has 0 heterocycles. The number of nitrogens with one attached hydrogen (secondary N) is 1. The predicted octanol–water partition coefficient (Wildman–Crippen LogP) is 3.05. The van der Waals surface area contributed by atoms with Gasteiger partial charge >= 0.3 is 0 Å². The van der Waals surface area contributed by atoms with Crippen LogP contribution >= 0.6 is 0 Å². The number of carbonyl (C=O) groups is 2. The fourth-order valence-corrected chi connectivity index (χ4v) is 4.98. The Kier molecular flexibility index (Phi) is 8.48. The molecule has 3 rings (SSSR count). The molecule has 0 unspecified atom stereocenters. The standard InChI is InChI=1S/C26H29N3O5S/c1-20(26(31)27-2)28(18-21-10-6-4-7-11-21)25(30)19-29(22-12-8-5-9-13-22)35(32,33)24-16-14-23(34-3)15-17-24/h4-17,20H,18-19H2,1-3H3,(H,27,31)/t20-/m1/s1. The fourth-order valence-electron chi connectivity index (χ4n) is 3.57. The lowest BCUT2D eigenvalue weighted by atomic mass is 10.1. The highest BCUT2D eigenvalue weighted by Crippen LogP contribution is 2.25. The summed E-state index contributed by atoms with van der Waals surface area (Å²) < 4.78 is 33.5. The van der Waals surface area contributed by atoms with Crippen LogP contribution in [0.15, 0.2) is 89.8 Å². The third kappa shape index (κ3) is 6.19. The van der Waals surface area contributed by atoms with E-state index in [1.807, 2.05) is 30.3 Å². The molecule has 0 saturated carbocycles. The summed E-state index contributed by atoms with van der Waals surface area (Å²) in [6.07, 6.45) is 0. The second-order valence-electron chi connectivity index (χ2n) is 7.82. The molecule has 0 saturated heterocycles. The smallest absolute Gasteiger partial charge is 0.264 e. The molecule has 9 heteroatoms. The molecule has 0 spiro atoms. The summed E-state index contributed by atoms with van der Waals surface area (Å²) in [6.45, 7) is 1.29. The summed E-state index contributed by atoms with van der Waals surface area (Å²) in [5.74, 6) is -0.343. The molecule has 35 heavy (non-hydrogen) atoms. The molecule has 0 bridgehead atoms. The molecular formula is C26H29N3O5S. The Morgan fingerprint density at radius 2 is 1.49 bits per heavy atom. The van der Waals surface area contributed by atoms with E-state index in [2.05, 4.69) is 5.32 Å². The first kappa shape index (κ1) is 25.8. The summed E-state index contributed by atoms with van der Waals surface area (Å²) in [5, 5.41) is 2.56. The van der Waals surface area contributed by atoms with Crippen LogP contribution in [0.5, 0.6) is 5.75 Å². The summed E-state index contributed by atoms with van der Waals surface area (Å²) >= 11 is 0. The van der Waals surface area contributed by atoms with Gasteiger partial charge in [0.25, 0.3) is 10.0 Å². The quantitative estimate of drug-likeness (QED) is 0.466. The van der Waals surface area contributed by atoms with Gasteiger partial charge in [-0.2, -0.15) is 0 Å². The van der Waals surface area contributed by atoms with Crippen molar-refractivity contribution in [1.29, 1.82) is 0 Å². The minimum absolute atomic E-state index is 0.0175. The minimum atomic E-state index is -4.10. The third-order valence-electron chi connectivity index (χ3n) is 5.58. The Labute approximate surface area is 206 Å². The highest BCUT2D eigenvalue weighted by Gasteiger charge is 2.32. The number of amides is 2. The second kappa shape index (κ2) is 11.5. The van der Waals surface area contributed by atoms with Crippen LogP contribution in [0.25, 0.3) is 0 Å². The van der Waals surface area contributed by atoms with E-state index < -0.39 is 28.5 Å². The molecular weight excluding hydrogens is 466 g/mol. The van der Waals surface area contributed by atoms with E-state index >= 15 is 0 Å². The highest BCUT2D eigenvalue weighted by molar-refractivity contribution is 7.92. The molecule has 0 radical (unpaired) electrons. The van der Waals surface area contributed by atoms with Crippen molar-refractivity contribution in [3.63, 3.8) is 0 Å². The lowest BCUT2D eigenvalue weighted by Crippen LogP contribution is -2.50. The number of benzene rings is 3. The maximum atomic E-state index is 13.6. The van der Waals surface area contributed by atoms with Gasteiger partial charge in [-0.05, 0) is 48.9 Å². The first-order valence-electron chi connectivity index (χ1n) is 11.0. The van der Waals surface area contributed by atoms with Crippen molar-refractivity contribution in [2.24, 2.45) is 0 Å². The van der Waals surface area contributed by atoms with Crippen molar-refractivity contribution in [2.45, 2.75) is 24.4 Å². The van der Waals surface area contributed by atoms with Crippen LogP contribution in [0, 0.1) is 0 Å². The van der Waals surface area contributed by atoms with Gasteiger partial charge < -0.3 is 15.0 Å². The van der Waals surface area contributed by atoms with E-state index in [-0.39, 0.29) is 17.3 Å². The van der Waals surface area contributed by atoms with Crippen molar-refractivity contribution < 1.29 is 22.7 Å². The normalized spacial score (nSPS) is 11.9. The van der Waals surface area contributed by atoms with Gasteiger partial charge in [0.2, 0.25) is 11.8 Å². The predicted molar refractivity (Wildman–Crippen MR) is 134 cm³/mol. The maximum Gasteiger partial charge on any atom is 0.264 e. The average Bonchev–Trinajstić information content (AvgIpc) is 2.90. The Morgan fingerprint density at radius 3 is 2.03 bits per heavy atom. The summed E-state index contributed by atoms with van der Waals surface area (Å²) in [6, 6.07) is 22.8. The minimum Gasteiger partial charge on any atom is -0.497 e.